The van der Waals surface area contributed by atoms with Gasteiger partial charge >= 0.3 is 0 Å². The lowest BCUT2D eigenvalue weighted by molar-refractivity contribution is -0.0740. The Labute approximate surface area is 87.6 Å². The van der Waals surface area contributed by atoms with Crippen molar-refractivity contribution in [1.82, 2.24) is 4.90 Å². The Morgan fingerprint density at radius 3 is 2.43 bits per heavy atom. The maximum Gasteiger partial charge on any atom is 0.0645 e. The van der Waals surface area contributed by atoms with E-state index in [0.717, 1.165) is 25.2 Å². The molecule has 2 fully saturated rings. The highest BCUT2D eigenvalue weighted by molar-refractivity contribution is 4.81. The zero-order valence-electron chi connectivity index (χ0n) is 9.37. The van der Waals surface area contributed by atoms with Crippen LogP contribution in [-0.4, -0.2) is 37.2 Å². The summed E-state index contributed by atoms with van der Waals surface area (Å²) in [4.78, 5) is 2.63. The van der Waals surface area contributed by atoms with Gasteiger partial charge in [-0.15, -0.1) is 0 Å². The van der Waals surface area contributed by atoms with Crippen LogP contribution in [0.15, 0.2) is 0 Å². The van der Waals surface area contributed by atoms with Crippen LogP contribution in [0.25, 0.3) is 0 Å². The van der Waals surface area contributed by atoms with Crippen LogP contribution in [0.1, 0.15) is 39.0 Å². The topological polar surface area (TPSA) is 12.5 Å². The fraction of sp³-hybridized carbons (Fsp3) is 1.00. The summed E-state index contributed by atoms with van der Waals surface area (Å²) in [7, 11) is 0. The number of piperidine rings is 1. The molecule has 0 radical (unpaired) electrons. The van der Waals surface area contributed by atoms with E-state index in [4.69, 9.17) is 4.74 Å². The van der Waals surface area contributed by atoms with Gasteiger partial charge < -0.3 is 4.74 Å². The van der Waals surface area contributed by atoms with Gasteiger partial charge in [-0.1, -0.05) is 26.2 Å². The van der Waals surface area contributed by atoms with E-state index in [2.05, 4.69) is 11.8 Å². The molecule has 0 aromatic rings. The van der Waals surface area contributed by atoms with Gasteiger partial charge in [0.25, 0.3) is 0 Å². The zero-order valence-corrected chi connectivity index (χ0v) is 9.37. The van der Waals surface area contributed by atoms with E-state index in [-0.39, 0.29) is 0 Å². The quantitative estimate of drug-likeness (QED) is 0.685. The normalized spacial score (nSPS) is 26.4. The molecule has 82 valence electrons. The maximum absolute atomic E-state index is 5.24. The van der Waals surface area contributed by atoms with E-state index < -0.39 is 0 Å². The molecule has 0 spiro atoms. The smallest absolute Gasteiger partial charge is 0.0645 e. The Balaban J connectivity index is 1.64. The lowest BCUT2D eigenvalue weighted by Crippen LogP contribution is -2.51. The average molecular weight is 197 g/mol. The summed E-state index contributed by atoms with van der Waals surface area (Å²) in [5.74, 6) is 1.02. The Hall–Kier alpha value is -0.0800. The van der Waals surface area contributed by atoms with Gasteiger partial charge in [-0.2, -0.15) is 0 Å². The van der Waals surface area contributed by atoms with Gasteiger partial charge in [0.1, 0.15) is 0 Å². The summed E-state index contributed by atoms with van der Waals surface area (Å²) in [6.45, 7) is 6.91. The predicted octanol–water partition coefficient (Wildman–Crippen LogP) is 2.29. The van der Waals surface area contributed by atoms with Crippen LogP contribution >= 0.6 is 0 Å². The summed E-state index contributed by atoms with van der Waals surface area (Å²) in [5.41, 5.74) is 0. The summed E-state index contributed by atoms with van der Waals surface area (Å²) < 4.78 is 5.24. The van der Waals surface area contributed by atoms with Crippen molar-refractivity contribution >= 4 is 0 Å². The van der Waals surface area contributed by atoms with Gasteiger partial charge in [0, 0.05) is 0 Å². The van der Waals surface area contributed by atoms with Gasteiger partial charge in [0.15, 0.2) is 0 Å². The maximum atomic E-state index is 5.24. The number of unbranched alkanes of at least 4 members (excludes halogenated alkanes) is 1. The Kier molecular flexibility index (Phi) is 3.82. The van der Waals surface area contributed by atoms with E-state index in [9.17, 15) is 0 Å². The molecule has 0 bridgehead atoms. The summed E-state index contributed by atoms with van der Waals surface area (Å²) in [5, 5.41) is 0. The van der Waals surface area contributed by atoms with Crippen molar-refractivity contribution in [3.8, 4) is 0 Å². The largest absolute Gasteiger partial charge is 0.378 e. The first kappa shape index (κ1) is 10.4. The minimum absolute atomic E-state index is 0.766. The van der Waals surface area contributed by atoms with E-state index in [1.807, 2.05) is 0 Å². The standard InChI is InChI=1S/C12H23NO/c1-2-3-4-11-5-7-13(8-6-11)12-9-14-10-12/h11-12H,2-10H2,1H3. The molecular formula is C12H23NO. The number of hydrogen-bond donors (Lipinski definition) is 0. The molecule has 0 amide bonds. The summed E-state index contributed by atoms with van der Waals surface area (Å²) in [6.07, 6.45) is 7.10. The van der Waals surface area contributed by atoms with Crippen molar-refractivity contribution in [1.29, 1.82) is 0 Å². The molecule has 2 heteroatoms. The average Bonchev–Trinajstić information content (AvgIpc) is 2.14. The van der Waals surface area contributed by atoms with E-state index in [1.165, 1.54) is 45.2 Å². The molecular weight excluding hydrogens is 174 g/mol. The van der Waals surface area contributed by atoms with Crippen molar-refractivity contribution in [2.24, 2.45) is 5.92 Å². The second-order valence-corrected chi connectivity index (χ2v) is 4.81. The molecule has 14 heavy (non-hydrogen) atoms. The Morgan fingerprint density at radius 1 is 1.21 bits per heavy atom. The lowest BCUT2D eigenvalue weighted by Gasteiger charge is -2.41. The van der Waals surface area contributed by atoms with Crippen LogP contribution < -0.4 is 0 Å². The molecule has 0 atom stereocenters. The Morgan fingerprint density at radius 2 is 1.93 bits per heavy atom. The highest BCUT2D eigenvalue weighted by Gasteiger charge is 2.29. The Bertz CT molecular complexity index is 160. The lowest BCUT2D eigenvalue weighted by atomic mass is 9.91. The number of nitrogens with zero attached hydrogens (tertiary/aromatic N) is 1. The minimum Gasteiger partial charge on any atom is -0.378 e. The van der Waals surface area contributed by atoms with E-state index >= 15 is 0 Å². The van der Waals surface area contributed by atoms with Crippen LogP contribution in [0, 0.1) is 5.92 Å². The third kappa shape index (κ3) is 2.48. The van der Waals surface area contributed by atoms with Gasteiger partial charge in [0.2, 0.25) is 0 Å². The second kappa shape index (κ2) is 5.13. The molecule has 0 N–H and O–H groups in total. The first-order valence-corrected chi connectivity index (χ1v) is 6.22. The first-order chi connectivity index (χ1) is 6.90. The highest BCUT2D eigenvalue weighted by atomic mass is 16.5. The molecule has 0 unspecified atom stereocenters. The van der Waals surface area contributed by atoms with Gasteiger partial charge in [-0.25, -0.2) is 0 Å². The number of likely N-dealkylation sites (tertiary alicyclic amines) is 1. The van der Waals surface area contributed by atoms with Crippen LogP contribution in [0.2, 0.25) is 0 Å². The van der Waals surface area contributed by atoms with Crippen molar-refractivity contribution in [3.05, 3.63) is 0 Å². The van der Waals surface area contributed by atoms with Gasteiger partial charge in [-0.3, -0.25) is 4.90 Å². The van der Waals surface area contributed by atoms with Crippen molar-refractivity contribution in [3.63, 3.8) is 0 Å². The predicted molar refractivity (Wildman–Crippen MR) is 58.4 cm³/mol. The van der Waals surface area contributed by atoms with Crippen LogP contribution in [0.4, 0.5) is 0 Å². The summed E-state index contributed by atoms with van der Waals surface area (Å²) in [6, 6.07) is 0.766. The fourth-order valence-corrected chi connectivity index (χ4v) is 2.53. The SMILES string of the molecule is CCCCC1CCN(C2COC2)CC1. The van der Waals surface area contributed by atoms with Crippen molar-refractivity contribution in [2.75, 3.05) is 26.3 Å². The van der Waals surface area contributed by atoms with Crippen LogP contribution in [0.5, 0.6) is 0 Å². The molecule has 2 rings (SSSR count). The zero-order chi connectivity index (χ0) is 9.80. The second-order valence-electron chi connectivity index (χ2n) is 4.81. The van der Waals surface area contributed by atoms with Gasteiger partial charge in [-0.05, 0) is 31.8 Å². The number of rotatable bonds is 4. The van der Waals surface area contributed by atoms with Crippen LogP contribution in [-0.2, 0) is 4.74 Å². The molecule has 2 aliphatic heterocycles. The van der Waals surface area contributed by atoms with Gasteiger partial charge in [0.05, 0.1) is 19.3 Å². The van der Waals surface area contributed by atoms with E-state index in [0.29, 0.717) is 0 Å². The third-order valence-electron chi connectivity index (χ3n) is 3.75. The molecule has 0 aliphatic carbocycles. The first-order valence-electron chi connectivity index (χ1n) is 6.22. The molecule has 0 saturated carbocycles. The third-order valence-corrected chi connectivity index (χ3v) is 3.75. The van der Waals surface area contributed by atoms with Crippen LogP contribution in [0.3, 0.4) is 0 Å². The molecule has 0 aromatic heterocycles. The van der Waals surface area contributed by atoms with Crippen molar-refractivity contribution in [2.45, 2.75) is 45.1 Å². The minimum atomic E-state index is 0.766. The van der Waals surface area contributed by atoms with E-state index in [1.54, 1.807) is 0 Å². The number of hydrogen-bond acceptors (Lipinski definition) is 2. The molecule has 2 aliphatic rings. The monoisotopic (exact) mass is 197 g/mol. The summed E-state index contributed by atoms with van der Waals surface area (Å²) >= 11 is 0. The van der Waals surface area contributed by atoms with Crippen molar-refractivity contribution < 1.29 is 4.74 Å². The molecule has 2 nitrogen and oxygen atoms in total. The fourth-order valence-electron chi connectivity index (χ4n) is 2.53. The molecule has 0 aromatic carbocycles. The molecule has 2 saturated heterocycles. The number of ether oxygens (including phenoxy) is 1. The molecule has 2 heterocycles. The highest BCUT2D eigenvalue weighted by Crippen LogP contribution is 2.25.